The number of likely N-dealkylation sites (tertiary alicyclic amines) is 1. The summed E-state index contributed by atoms with van der Waals surface area (Å²) in [6.45, 7) is 3.16. The molecule has 0 aliphatic carbocycles. The zero-order chi connectivity index (χ0) is 21.8. The van der Waals surface area contributed by atoms with Crippen LogP contribution in [0.5, 0.6) is 17.5 Å². The lowest BCUT2D eigenvalue weighted by Crippen LogP contribution is -2.43. The number of benzene rings is 3. The Bertz CT molecular complexity index is 1120. The van der Waals surface area contributed by atoms with E-state index in [1.807, 2.05) is 78.9 Å². The van der Waals surface area contributed by atoms with Gasteiger partial charge in [0.2, 0.25) is 0 Å². The van der Waals surface area contributed by atoms with Gasteiger partial charge in [0, 0.05) is 19.6 Å². The van der Waals surface area contributed by atoms with Crippen LogP contribution in [0.1, 0.15) is 18.4 Å². The number of aromatic nitrogens is 2. The van der Waals surface area contributed by atoms with Gasteiger partial charge in [0.05, 0.1) is 16.6 Å². The van der Waals surface area contributed by atoms with Gasteiger partial charge in [-0.15, -0.1) is 0 Å². The predicted molar refractivity (Wildman–Crippen MR) is 124 cm³/mol. The third kappa shape index (κ3) is 4.61. The SMILES string of the molecule is OC1(c2ccccc2)CCN(CCOc2ccc(Oc3nc4ccccc4[nH]3)cc2)CC1. The Kier molecular flexibility index (Phi) is 5.79. The molecule has 164 valence electrons. The molecule has 1 saturated heterocycles. The number of fused-ring (bicyclic) bond motifs is 1. The normalized spacial score (nSPS) is 16.2. The van der Waals surface area contributed by atoms with E-state index >= 15 is 0 Å². The van der Waals surface area contributed by atoms with Gasteiger partial charge in [-0.05, 0) is 54.8 Å². The van der Waals surface area contributed by atoms with Crippen LogP contribution in [-0.2, 0) is 5.60 Å². The lowest BCUT2D eigenvalue weighted by Gasteiger charge is -2.38. The van der Waals surface area contributed by atoms with Crippen molar-refractivity contribution in [2.45, 2.75) is 18.4 Å². The molecule has 0 radical (unpaired) electrons. The molecule has 0 unspecified atom stereocenters. The Morgan fingerprint density at radius 2 is 1.56 bits per heavy atom. The fourth-order valence-electron chi connectivity index (χ4n) is 4.17. The maximum Gasteiger partial charge on any atom is 0.300 e. The minimum atomic E-state index is -0.714. The average molecular weight is 430 g/mol. The minimum Gasteiger partial charge on any atom is -0.492 e. The van der Waals surface area contributed by atoms with Crippen molar-refractivity contribution >= 4 is 11.0 Å². The van der Waals surface area contributed by atoms with Gasteiger partial charge in [-0.3, -0.25) is 4.90 Å². The molecule has 1 aliphatic rings. The molecule has 1 aliphatic heterocycles. The first-order chi connectivity index (χ1) is 15.7. The monoisotopic (exact) mass is 429 g/mol. The summed E-state index contributed by atoms with van der Waals surface area (Å²) in [5, 5.41) is 11.0. The van der Waals surface area contributed by atoms with Crippen LogP contribution in [0.25, 0.3) is 11.0 Å². The van der Waals surface area contributed by atoms with Crippen LogP contribution in [0.3, 0.4) is 0 Å². The first-order valence-corrected chi connectivity index (χ1v) is 11.0. The third-order valence-electron chi connectivity index (χ3n) is 6.08. The Balaban J connectivity index is 1.08. The van der Waals surface area contributed by atoms with E-state index < -0.39 is 5.60 Å². The molecule has 6 heteroatoms. The second-order valence-corrected chi connectivity index (χ2v) is 8.22. The lowest BCUT2D eigenvalue weighted by molar-refractivity contribution is -0.0278. The van der Waals surface area contributed by atoms with E-state index in [4.69, 9.17) is 9.47 Å². The molecule has 2 heterocycles. The van der Waals surface area contributed by atoms with Crippen LogP contribution in [-0.4, -0.2) is 46.2 Å². The molecule has 0 spiro atoms. The molecule has 0 amide bonds. The highest BCUT2D eigenvalue weighted by atomic mass is 16.5. The Morgan fingerprint density at radius 3 is 2.31 bits per heavy atom. The van der Waals surface area contributed by atoms with Crippen molar-refractivity contribution in [3.63, 3.8) is 0 Å². The number of nitrogens with zero attached hydrogens (tertiary/aromatic N) is 2. The molecule has 32 heavy (non-hydrogen) atoms. The number of H-pyrrole nitrogens is 1. The summed E-state index contributed by atoms with van der Waals surface area (Å²) in [5.74, 6) is 1.51. The molecule has 2 N–H and O–H groups in total. The standard InChI is InChI=1S/C26H27N3O3/c30-26(20-6-2-1-3-7-20)14-16-29(17-15-26)18-19-31-21-10-12-22(13-11-21)32-25-27-23-8-4-5-9-24(23)28-25/h1-13,30H,14-19H2,(H,27,28). The summed E-state index contributed by atoms with van der Waals surface area (Å²) in [7, 11) is 0. The number of hydrogen-bond acceptors (Lipinski definition) is 5. The van der Waals surface area contributed by atoms with Gasteiger partial charge in [0.15, 0.2) is 0 Å². The second kappa shape index (κ2) is 9.02. The molecular weight excluding hydrogens is 402 g/mol. The van der Waals surface area contributed by atoms with Crippen LogP contribution in [0.4, 0.5) is 0 Å². The van der Waals surface area contributed by atoms with Crippen molar-refractivity contribution in [3.8, 4) is 17.5 Å². The van der Waals surface area contributed by atoms with E-state index in [9.17, 15) is 5.11 Å². The molecule has 0 bridgehead atoms. The summed E-state index contributed by atoms with van der Waals surface area (Å²) in [6.07, 6.45) is 1.48. The number of aliphatic hydroxyl groups is 1. The zero-order valence-electron chi connectivity index (χ0n) is 17.9. The first-order valence-electron chi connectivity index (χ1n) is 11.0. The third-order valence-corrected chi connectivity index (χ3v) is 6.08. The number of hydrogen-bond donors (Lipinski definition) is 2. The maximum atomic E-state index is 11.0. The number of aromatic amines is 1. The molecule has 5 rings (SSSR count). The van der Waals surface area contributed by atoms with Crippen LogP contribution < -0.4 is 9.47 Å². The average Bonchev–Trinajstić information content (AvgIpc) is 3.24. The summed E-state index contributed by atoms with van der Waals surface area (Å²) in [6, 6.07) is 25.9. The van der Waals surface area contributed by atoms with Gasteiger partial charge in [-0.25, -0.2) is 0 Å². The molecular formula is C26H27N3O3. The number of ether oxygens (including phenoxy) is 2. The van der Waals surface area contributed by atoms with E-state index in [1.165, 1.54) is 0 Å². The fourth-order valence-corrected chi connectivity index (χ4v) is 4.17. The summed E-state index contributed by atoms with van der Waals surface area (Å²) in [5.41, 5.74) is 2.12. The van der Waals surface area contributed by atoms with E-state index in [0.717, 1.165) is 54.8 Å². The number of para-hydroxylation sites is 2. The molecule has 0 atom stereocenters. The number of imidazole rings is 1. The smallest absolute Gasteiger partial charge is 0.300 e. The van der Waals surface area contributed by atoms with Gasteiger partial charge in [-0.2, -0.15) is 4.98 Å². The minimum absolute atomic E-state index is 0.473. The van der Waals surface area contributed by atoms with Gasteiger partial charge in [0.25, 0.3) is 6.01 Å². The first kappa shape index (κ1) is 20.5. The van der Waals surface area contributed by atoms with E-state index in [2.05, 4.69) is 14.9 Å². The van der Waals surface area contributed by atoms with Crippen LogP contribution >= 0.6 is 0 Å². The lowest BCUT2D eigenvalue weighted by atomic mass is 9.84. The van der Waals surface area contributed by atoms with Crippen molar-refractivity contribution in [2.24, 2.45) is 0 Å². The van der Waals surface area contributed by atoms with Crippen LogP contribution in [0, 0.1) is 0 Å². The van der Waals surface area contributed by atoms with E-state index in [-0.39, 0.29) is 0 Å². The summed E-state index contributed by atoms with van der Waals surface area (Å²) >= 11 is 0. The maximum absolute atomic E-state index is 11.0. The second-order valence-electron chi connectivity index (χ2n) is 8.22. The van der Waals surface area contributed by atoms with Crippen molar-refractivity contribution in [1.82, 2.24) is 14.9 Å². The van der Waals surface area contributed by atoms with Gasteiger partial charge >= 0.3 is 0 Å². The highest BCUT2D eigenvalue weighted by Gasteiger charge is 2.33. The van der Waals surface area contributed by atoms with E-state index in [1.54, 1.807) is 0 Å². The number of nitrogens with one attached hydrogen (secondary N) is 1. The summed E-state index contributed by atoms with van der Waals surface area (Å²) in [4.78, 5) is 9.93. The van der Waals surface area contributed by atoms with Crippen LogP contribution in [0.15, 0.2) is 78.9 Å². The Hall–Kier alpha value is -3.35. The predicted octanol–water partition coefficient (Wildman–Crippen LogP) is 4.72. The number of piperidine rings is 1. The molecule has 1 aromatic heterocycles. The van der Waals surface area contributed by atoms with Gasteiger partial charge in [-0.1, -0.05) is 42.5 Å². The fraction of sp³-hybridized carbons (Fsp3) is 0.269. The van der Waals surface area contributed by atoms with Crippen molar-refractivity contribution in [2.75, 3.05) is 26.2 Å². The largest absolute Gasteiger partial charge is 0.492 e. The highest BCUT2D eigenvalue weighted by Crippen LogP contribution is 2.32. The molecule has 1 fully saturated rings. The quantitative estimate of drug-likeness (QED) is 0.445. The molecule has 0 saturated carbocycles. The van der Waals surface area contributed by atoms with Crippen LogP contribution in [0.2, 0.25) is 0 Å². The molecule has 6 nitrogen and oxygen atoms in total. The zero-order valence-corrected chi connectivity index (χ0v) is 17.9. The van der Waals surface area contributed by atoms with Gasteiger partial charge in [0.1, 0.15) is 18.1 Å². The van der Waals surface area contributed by atoms with E-state index in [0.29, 0.717) is 18.4 Å². The molecule has 3 aromatic carbocycles. The number of rotatable bonds is 7. The van der Waals surface area contributed by atoms with Crippen molar-refractivity contribution in [3.05, 3.63) is 84.4 Å². The van der Waals surface area contributed by atoms with Crippen molar-refractivity contribution < 1.29 is 14.6 Å². The Morgan fingerprint density at radius 1 is 0.875 bits per heavy atom. The Labute approximate surface area is 187 Å². The topological polar surface area (TPSA) is 70.6 Å². The van der Waals surface area contributed by atoms with Crippen molar-refractivity contribution in [1.29, 1.82) is 0 Å². The van der Waals surface area contributed by atoms with Gasteiger partial charge < -0.3 is 19.6 Å². The molecule has 4 aromatic rings. The highest BCUT2D eigenvalue weighted by molar-refractivity contribution is 5.75. The summed E-state index contributed by atoms with van der Waals surface area (Å²) < 4.78 is 11.7.